The number of carbonyl (C=O) groups is 1. The van der Waals surface area contributed by atoms with Crippen molar-refractivity contribution in [3.8, 4) is 5.75 Å². The molecule has 28 heavy (non-hydrogen) atoms. The minimum Gasteiger partial charge on any atom is -0.495 e. The fraction of sp³-hybridized carbons (Fsp3) is 0.350. The van der Waals surface area contributed by atoms with E-state index < -0.39 is 15.9 Å². The summed E-state index contributed by atoms with van der Waals surface area (Å²) in [6.07, 6.45) is 1.05. The molecule has 0 radical (unpaired) electrons. The molecule has 0 heterocycles. The number of nitrogens with one attached hydrogen (secondary N) is 1. The number of rotatable bonds is 7. The Morgan fingerprint density at radius 1 is 1.21 bits per heavy atom. The van der Waals surface area contributed by atoms with Crippen molar-refractivity contribution >= 4 is 33.2 Å². The van der Waals surface area contributed by atoms with Crippen molar-refractivity contribution in [2.24, 2.45) is 0 Å². The third kappa shape index (κ3) is 5.39. The number of sulfonamides is 1. The van der Waals surface area contributed by atoms with Crippen LogP contribution >= 0.6 is 11.6 Å². The summed E-state index contributed by atoms with van der Waals surface area (Å²) in [5, 5.41) is 3.13. The van der Waals surface area contributed by atoms with Crippen molar-refractivity contribution in [3.05, 3.63) is 58.1 Å². The van der Waals surface area contributed by atoms with E-state index in [4.69, 9.17) is 16.3 Å². The second-order valence-corrected chi connectivity index (χ2v) is 9.05. The Labute approximate surface area is 171 Å². The van der Waals surface area contributed by atoms with Crippen molar-refractivity contribution in [1.82, 2.24) is 5.32 Å². The number of amides is 1. The van der Waals surface area contributed by atoms with Crippen LogP contribution in [0.4, 0.5) is 5.69 Å². The van der Waals surface area contributed by atoms with Crippen LogP contribution in [-0.2, 0) is 14.8 Å². The number of anilines is 1. The van der Waals surface area contributed by atoms with Gasteiger partial charge in [-0.3, -0.25) is 9.10 Å². The van der Waals surface area contributed by atoms with E-state index in [0.717, 1.165) is 27.3 Å². The fourth-order valence-electron chi connectivity index (χ4n) is 2.93. The van der Waals surface area contributed by atoms with Crippen LogP contribution in [0.3, 0.4) is 0 Å². The van der Waals surface area contributed by atoms with Crippen molar-refractivity contribution in [1.29, 1.82) is 0 Å². The molecule has 0 aliphatic carbocycles. The van der Waals surface area contributed by atoms with Crippen molar-refractivity contribution < 1.29 is 17.9 Å². The molecule has 1 N–H and O–H groups in total. The number of benzene rings is 2. The fourth-order valence-corrected chi connectivity index (χ4v) is 4.03. The molecular formula is C20H25ClN2O4S. The zero-order valence-corrected chi connectivity index (χ0v) is 18.2. The highest BCUT2D eigenvalue weighted by Gasteiger charge is 2.23. The van der Waals surface area contributed by atoms with Crippen LogP contribution in [0.5, 0.6) is 5.75 Å². The molecule has 1 atom stereocenters. The lowest BCUT2D eigenvalue weighted by atomic mass is 10.00. The van der Waals surface area contributed by atoms with Crippen LogP contribution in [0.1, 0.15) is 29.7 Å². The summed E-state index contributed by atoms with van der Waals surface area (Å²) >= 11 is 6.11. The number of ether oxygens (including phenoxy) is 1. The molecule has 0 aromatic heterocycles. The Bertz CT molecular complexity index is 976. The summed E-state index contributed by atoms with van der Waals surface area (Å²) in [6, 6.07) is 10.3. The van der Waals surface area contributed by atoms with Crippen LogP contribution in [-0.4, -0.2) is 34.2 Å². The Kier molecular flexibility index (Phi) is 6.96. The predicted octanol–water partition coefficient (Wildman–Crippen LogP) is 3.61. The van der Waals surface area contributed by atoms with Gasteiger partial charge in [0.2, 0.25) is 15.9 Å². The van der Waals surface area contributed by atoms with E-state index in [1.54, 1.807) is 12.1 Å². The highest BCUT2D eigenvalue weighted by Crippen LogP contribution is 2.30. The highest BCUT2D eigenvalue weighted by molar-refractivity contribution is 7.92. The number of nitrogens with zero attached hydrogens (tertiary/aromatic N) is 1. The molecule has 0 aliphatic rings. The van der Waals surface area contributed by atoms with Gasteiger partial charge in [0.1, 0.15) is 12.3 Å². The normalized spacial score (nSPS) is 12.4. The molecule has 0 unspecified atom stereocenters. The van der Waals surface area contributed by atoms with E-state index in [2.05, 4.69) is 5.32 Å². The molecule has 0 spiro atoms. The van der Waals surface area contributed by atoms with Crippen molar-refractivity contribution in [2.75, 3.05) is 24.2 Å². The third-order valence-corrected chi connectivity index (χ3v) is 5.83. The number of hydrogen-bond donors (Lipinski definition) is 1. The molecule has 0 saturated heterocycles. The Morgan fingerprint density at radius 2 is 1.89 bits per heavy atom. The van der Waals surface area contributed by atoms with Gasteiger partial charge in [-0.1, -0.05) is 35.4 Å². The summed E-state index contributed by atoms with van der Waals surface area (Å²) in [5.74, 6) is 0.0117. The van der Waals surface area contributed by atoms with Gasteiger partial charge in [-0.25, -0.2) is 8.42 Å². The van der Waals surface area contributed by atoms with E-state index in [1.807, 2.05) is 39.0 Å². The van der Waals surface area contributed by atoms with E-state index in [1.165, 1.54) is 13.2 Å². The molecule has 2 aromatic rings. The monoisotopic (exact) mass is 424 g/mol. The predicted molar refractivity (Wildman–Crippen MR) is 113 cm³/mol. The van der Waals surface area contributed by atoms with E-state index >= 15 is 0 Å². The molecule has 0 saturated carbocycles. The number of halogens is 1. The van der Waals surface area contributed by atoms with E-state index in [9.17, 15) is 13.2 Å². The maximum Gasteiger partial charge on any atom is 0.241 e. The Morgan fingerprint density at radius 3 is 2.46 bits per heavy atom. The minimum absolute atomic E-state index is 0.256. The average molecular weight is 425 g/mol. The van der Waals surface area contributed by atoms with Gasteiger partial charge in [0, 0.05) is 0 Å². The Balaban J connectivity index is 2.22. The van der Waals surface area contributed by atoms with Crippen LogP contribution in [0.15, 0.2) is 36.4 Å². The van der Waals surface area contributed by atoms with Crippen LogP contribution in [0, 0.1) is 13.8 Å². The van der Waals surface area contributed by atoms with Gasteiger partial charge in [0.05, 0.1) is 30.1 Å². The summed E-state index contributed by atoms with van der Waals surface area (Å²) in [5.41, 5.74) is 3.43. The first-order valence-electron chi connectivity index (χ1n) is 8.70. The van der Waals surface area contributed by atoms with Crippen LogP contribution in [0.2, 0.25) is 5.02 Å². The van der Waals surface area contributed by atoms with Crippen LogP contribution in [0.25, 0.3) is 0 Å². The smallest absolute Gasteiger partial charge is 0.241 e. The molecule has 152 valence electrons. The second-order valence-electron chi connectivity index (χ2n) is 6.74. The lowest BCUT2D eigenvalue weighted by Crippen LogP contribution is -2.41. The summed E-state index contributed by atoms with van der Waals surface area (Å²) in [7, 11) is -2.22. The quantitative estimate of drug-likeness (QED) is 0.736. The van der Waals surface area contributed by atoms with Gasteiger partial charge in [-0.15, -0.1) is 0 Å². The van der Waals surface area contributed by atoms with Crippen molar-refractivity contribution in [2.45, 2.75) is 26.8 Å². The molecule has 0 fully saturated rings. The topological polar surface area (TPSA) is 75.7 Å². The number of aryl methyl sites for hydroxylation is 2. The molecular weight excluding hydrogens is 400 g/mol. The zero-order chi connectivity index (χ0) is 21.1. The third-order valence-electron chi connectivity index (χ3n) is 4.39. The first-order chi connectivity index (χ1) is 13.0. The maximum atomic E-state index is 12.6. The zero-order valence-electron chi connectivity index (χ0n) is 16.6. The molecule has 2 aromatic carbocycles. The molecule has 1 amide bonds. The largest absolute Gasteiger partial charge is 0.495 e. The summed E-state index contributed by atoms with van der Waals surface area (Å²) in [6.45, 7) is 5.47. The van der Waals surface area contributed by atoms with Gasteiger partial charge in [0.25, 0.3) is 0 Å². The van der Waals surface area contributed by atoms with Gasteiger partial charge in [-0.2, -0.15) is 0 Å². The lowest BCUT2D eigenvalue weighted by molar-refractivity contribution is -0.120. The second kappa shape index (κ2) is 8.84. The maximum absolute atomic E-state index is 12.6. The van der Waals surface area contributed by atoms with E-state index in [-0.39, 0.29) is 17.6 Å². The number of hydrogen-bond acceptors (Lipinski definition) is 4. The molecule has 8 heteroatoms. The van der Waals surface area contributed by atoms with Gasteiger partial charge < -0.3 is 10.1 Å². The van der Waals surface area contributed by atoms with Crippen molar-refractivity contribution in [3.63, 3.8) is 0 Å². The molecule has 6 nitrogen and oxygen atoms in total. The summed E-state index contributed by atoms with van der Waals surface area (Å²) < 4.78 is 30.6. The average Bonchev–Trinajstić information content (AvgIpc) is 2.60. The van der Waals surface area contributed by atoms with Crippen LogP contribution < -0.4 is 14.4 Å². The van der Waals surface area contributed by atoms with Gasteiger partial charge >= 0.3 is 0 Å². The number of carbonyl (C=O) groups excluding carboxylic acids is 1. The minimum atomic E-state index is -3.69. The van der Waals surface area contributed by atoms with Gasteiger partial charge in [-0.05, 0) is 50.1 Å². The number of methoxy groups -OCH3 is 1. The molecule has 2 rings (SSSR count). The summed E-state index contributed by atoms with van der Waals surface area (Å²) in [4.78, 5) is 12.6. The highest BCUT2D eigenvalue weighted by atomic mass is 35.5. The molecule has 0 bridgehead atoms. The SMILES string of the molecule is COc1ccc(N(CC(=O)N[C@@H](C)c2cc(C)ccc2C)S(C)(=O)=O)cc1Cl. The lowest BCUT2D eigenvalue weighted by Gasteiger charge is -2.24. The molecule has 0 aliphatic heterocycles. The van der Waals surface area contributed by atoms with Gasteiger partial charge in [0.15, 0.2) is 0 Å². The first kappa shape index (κ1) is 22.0. The first-order valence-corrected chi connectivity index (χ1v) is 10.9. The standard InChI is InChI=1S/C20H25ClN2O4S/c1-13-6-7-14(2)17(10-13)15(3)22-20(24)12-23(28(5,25)26)16-8-9-19(27-4)18(21)11-16/h6-11,15H,12H2,1-5H3,(H,22,24)/t15-/m0/s1. The Hall–Kier alpha value is -2.25. The van der Waals surface area contributed by atoms with E-state index in [0.29, 0.717) is 11.4 Å².